The topological polar surface area (TPSA) is 134 Å². The van der Waals surface area contributed by atoms with Gasteiger partial charge in [-0.25, -0.2) is 0 Å². The van der Waals surface area contributed by atoms with E-state index in [4.69, 9.17) is 4.74 Å². The zero-order valence-electron chi connectivity index (χ0n) is 17.8. The fourth-order valence-corrected chi connectivity index (χ4v) is 4.82. The van der Waals surface area contributed by atoms with Crippen LogP contribution in [0.3, 0.4) is 0 Å². The summed E-state index contributed by atoms with van der Waals surface area (Å²) < 4.78 is 5.66. The standard InChI is InChI=1S/C25H29NO6/c26-13-17-6-5-16(24-23(30)22(29)21(28)20(14-27)32-24)12-18(17)11-15-3-7-19(8-4-15)25(31)9-1-2-10-25/h3-8,12,20-24,27-31H,1-2,9-11,14H2/t20-,21-,22+,23-,24+/m1/s1. The van der Waals surface area contributed by atoms with E-state index in [1.54, 1.807) is 18.2 Å². The van der Waals surface area contributed by atoms with E-state index >= 15 is 0 Å². The fraction of sp³-hybridized carbons (Fsp3) is 0.480. The number of rotatable bonds is 5. The summed E-state index contributed by atoms with van der Waals surface area (Å²) >= 11 is 0. The Morgan fingerprint density at radius 3 is 2.28 bits per heavy atom. The van der Waals surface area contributed by atoms with Crippen molar-refractivity contribution < 1.29 is 30.3 Å². The molecule has 32 heavy (non-hydrogen) atoms. The van der Waals surface area contributed by atoms with Crippen LogP contribution in [0.4, 0.5) is 0 Å². The van der Waals surface area contributed by atoms with Gasteiger partial charge in [0.05, 0.1) is 23.8 Å². The Balaban J connectivity index is 1.58. The number of ether oxygens (including phenoxy) is 1. The molecule has 5 N–H and O–H groups in total. The normalized spacial score (nSPS) is 29.6. The van der Waals surface area contributed by atoms with E-state index in [0.717, 1.165) is 42.4 Å². The molecule has 0 unspecified atom stereocenters. The first kappa shape index (κ1) is 22.9. The third kappa shape index (κ3) is 4.30. The van der Waals surface area contributed by atoms with E-state index in [0.29, 0.717) is 17.5 Å². The van der Waals surface area contributed by atoms with Gasteiger partial charge in [-0.1, -0.05) is 49.2 Å². The van der Waals surface area contributed by atoms with Crippen LogP contribution in [-0.4, -0.2) is 56.6 Å². The van der Waals surface area contributed by atoms with Crippen LogP contribution in [0.15, 0.2) is 42.5 Å². The van der Waals surface area contributed by atoms with Crippen LogP contribution in [0.2, 0.25) is 0 Å². The summed E-state index contributed by atoms with van der Waals surface area (Å²) in [5.41, 5.74) is 2.89. The van der Waals surface area contributed by atoms with Crippen LogP contribution in [-0.2, 0) is 16.8 Å². The monoisotopic (exact) mass is 439 g/mol. The minimum atomic E-state index is -1.46. The van der Waals surface area contributed by atoms with Crippen molar-refractivity contribution in [3.05, 3.63) is 70.3 Å². The van der Waals surface area contributed by atoms with Crippen molar-refractivity contribution >= 4 is 0 Å². The average molecular weight is 440 g/mol. The molecule has 0 radical (unpaired) electrons. The number of hydrogen-bond acceptors (Lipinski definition) is 7. The Morgan fingerprint density at radius 1 is 0.969 bits per heavy atom. The van der Waals surface area contributed by atoms with Crippen molar-refractivity contribution in [2.45, 2.75) is 68.2 Å². The zero-order valence-corrected chi connectivity index (χ0v) is 17.8. The van der Waals surface area contributed by atoms with Crippen molar-refractivity contribution in [1.82, 2.24) is 0 Å². The summed E-state index contributed by atoms with van der Waals surface area (Å²) in [6.07, 6.45) is -2.15. The van der Waals surface area contributed by atoms with Gasteiger partial charge in [0, 0.05) is 0 Å². The van der Waals surface area contributed by atoms with E-state index in [2.05, 4.69) is 6.07 Å². The van der Waals surface area contributed by atoms with Crippen molar-refractivity contribution in [2.75, 3.05) is 6.61 Å². The number of nitriles is 1. The molecule has 2 aromatic rings. The molecule has 2 aliphatic rings. The van der Waals surface area contributed by atoms with Gasteiger partial charge in [0.1, 0.15) is 30.5 Å². The van der Waals surface area contributed by atoms with Gasteiger partial charge in [0.2, 0.25) is 0 Å². The average Bonchev–Trinajstić information content (AvgIpc) is 3.26. The minimum absolute atomic E-state index is 0.465. The second-order valence-corrected chi connectivity index (χ2v) is 8.89. The number of aliphatic hydroxyl groups excluding tert-OH is 4. The molecule has 1 saturated heterocycles. The molecule has 0 aromatic heterocycles. The first-order valence-electron chi connectivity index (χ1n) is 11.0. The van der Waals surface area contributed by atoms with E-state index in [1.807, 2.05) is 24.3 Å². The summed E-state index contributed by atoms with van der Waals surface area (Å²) in [5.74, 6) is 0. The number of nitrogens with zero attached hydrogens (tertiary/aromatic N) is 1. The molecule has 2 aromatic carbocycles. The van der Waals surface area contributed by atoms with Crippen molar-refractivity contribution in [3.8, 4) is 6.07 Å². The van der Waals surface area contributed by atoms with Gasteiger partial charge in [-0.15, -0.1) is 0 Å². The maximum atomic E-state index is 10.8. The van der Waals surface area contributed by atoms with Crippen LogP contribution < -0.4 is 0 Å². The highest BCUT2D eigenvalue weighted by Gasteiger charge is 2.44. The largest absolute Gasteiger partial charge is 0.394 e. The van der Waals surface area contributed by atoms with Gasteiger partial charge in [0.25, 0.3) is 0 Å². The second-order valence-electron chi connectivity index (χ2n) is 8.89. The van der Waals surface area contributed by atoms with Crippen LogP contribution in [0.1, 0.15) is 59.6 Å². The van der Waals surface area contributed by atoms with Gasteiger partial charge in [-0.2, -0.15) is 5.26 Å². The molecule has 170 valence electrons. The summed E-state index contributed by atoms with van der Waals surface area (Å²) in [6, 6.07) is 15.0. The maximum Gasteiger partial charge on any atom is 0.113 e. The van der Waals surface area contributed by atoms with Crippen LogP contribution >= 0.6 is 0 Å². The zero-order chi connectivity index (χ0) is 22.9. The highest BCUT2D eigenvalue weighted by Crippen LogP contribution is 2.39. The summed E-state index contributed by atoms with van der Waals surface area (Å²) in [6.45, 7) is -0.497. The maximum absolute atomic E-state index is 10.8. The molecule has 5 atom stereocenters. The number of aliphatic hydroxyl groups is 5. The van der Waals surface area contributed by atoms with E-state index in [1.165, 1.54) is 0 Å². The molecule has 1 saturated carbocycles. The summed E-state index contributed by atoms with van der Waals surface area (Å²) in [7, 11) is 0. The Hall–Kier alpha value is -2.31. The van der Waals surface area contributed by atoms with E-state index in [9.17, 15) is 30.8 Å². The molecule has 2 fully saturated rings. The number of benzene rings is 2. The van der Waals surface area contributed by atoms with E-state index in [-0.39, 0.29) is 0 Å². The lowest BCUT2D eigenvalue weighted by Crippen LogP contribution is -2.55. The predicted molar refractivity (Wildman–Crippen MR) is 115 cm³/mol. The first-order chi connectivity index (χ1) is 15.4. The van der Waals surface area contributed by atoms with Crippen molar-refractivity contribution in [2.24, 2.45) is 0 Å². The third-order valence-corrected chi connectivity index (χ3v) is 6.79. The first-order valence-corrected chi connectivity index (χ1v) is 11.0. The molecule has 7 heteroatoms. The molecule has 1 aliphatic carbocycles. The lowest BCUT2D eigenvalue weighted by Gasteiger charge is -2.40. The van der Waals surface area contributed by atoms with Crippen molar-refractivity contribution in [3.63, 3.8) is 0 Å². The highest BCUT2D eigenvalue weighted by molar-refractivity contribution is 5.44. The Bertz CT molecular complexity index is 977. The van der Waals surface area contributed by atoms with Gasteiger partial charge in [-0.05, 0) is 47.6 Å². The minimum Gasteiger partial charge on any atom is -0.394 e. The third-order valence-electron chi connectivity index (χ3n) is 6.79. The quantitative estimate of drug-likeness (QED) is 0.476. The van der Waals surface area contributed by atoms with Crippen LogP contribution in [0, 0.1) is 11.3 Å². The summed E-state index contributed by atoms with van der Waals surface area (Å²) in [5, 5.41) is 60.3. The lowest BCUT2D eigenvalue weighted by atomic mass is 9.88. The van der Waals surface area contributed by atoms with Gasteiger partial charge >= 0.3 is 0 Å². The Labute approximate surface area is 187 Å². The van der Waals surface area contributed by atoms with Gasteiger partial charge in [0.15, 0.2) is 0 Å². The highest BCUT2D eigenvalue weighted by atomic mass is 16.5. The molecule has 1 aliphatic heterocycles. The SMILES string of the molecule is N#Cc1ccc([C@@H]2O[C@H](CO)[C@@H](O)[C@H](O)[C@H]2O)cc1Cc1ccc(C2(O)CCCC2)cc1. The van der Waals surface area contributed by atoms with E-state index < -0.39 is 42.7 Å². The Kier molecular flexibility index (Phi) is 6.63. The predicted octanol–water partition coefficient (Wildman–Crippen LogP) is 1.43. The van der Waals surface area contributed by atoms with Gasteiger partial charge < -0.3 is 30.3 Å². The smallest absolute Gasteiger partial charge is 0.113 e. The van der Waals surface area contributed by atoms with Crippen LogP contribution in [0.5, 0.6) is 0 Å². The molecular formula is C25H29NO6. The molecule has 0 spiro atoms. The molecular weight excluding hydrogens is 410 g/mol. The molecule has 0 bridgehead atoms. The fourth-order valence-electron chi connectivity index (χ4n) is 4.82. The lowest BCUT2D eigenvalue weighted by molar-refractivity contribution is -0.231. The Morgan fingerprint density at radius 2 is 1.66 bits per heavy atom. The molecule has 4 rings (SSSR count). The molecule has 1 heterocycles. The van der Waals surface area contributed by atoms with Crippen molar-refractivity contribution in [1.29, 1.82) is 5.26 Å². The van der Waals surface area contributed by atoms with Crippen LogP contribution in [0.25, 0.3) is 0 Å². The molecule has 7 nitrogen and oxygen atoms in total. The second kappa shape index (κ2) is 9.28. The molecule has 0 amide bonds. The van der Waals surface area contributed by atoms with Gasteiger partial charge in [-0.3, -0.25) is 0 Å². The summed E-state index contributed by atoms with van der Waals surface area (Å²) in [4.78, 5) is 0. The number of hydrogen-bond donors (Lipinski definition) is 5.